The van der Waals surface area contributed by atoms with Gasteiger partial charge < -0.3 is 10.4 Å². The largest absolute Gasteiger partial charge is 0.481 e. The summed E-state index contributed by atoms with van der Waals surface area (Å²) < 4.78 is 38.4. The van der Waals surface area contributed by atoms with Gasteiger partial charge in [0.15, 0.2) is 0 Å². The highest BCUT2D eigenvalue weighted by Gasteiger charge is 2.36. The number of carboxylic acids is 1. The highest BCUT2D eigenvalue weighted by Crippen LogP contribution is 2.36. The van der Waals surface area contributed by atoms with Crippen LogP contribution >= 0.6 is 11.6 Å². The summed E-state index contributed by atoms with van der Waals surface area (Å²) in [7, 11) is 0. The number of nitrogens with zero attached hydrogens (tertiary/aromatic N) is 1. The van der Waals surface area contributed by atoms with Gasteiger partial charge in [0.2, 0.25) is 5.91 Å². The van der Waals surface area contributed by atoms with Gasteiger partial charge in [0.25, 0.3) is 0 Å². The van der Waals surface area contributed by atoms with E-state index in [0.717, 1.165) is 12.1 Å². The molecule has 0 bridgehead atoms. The molecule has 1 fully saturated rings. The number of carbonyl (C=O) groups excluding carboxylic acids is 1. The summed E-state index contributed by atoms with van der Waals surface area (Å²) in [5.74, 6) is -2.07. The van der Waals surface area contributed by atoms with Crippen molar-refractivity contribution < 1.29 is 27.9 Å². The Hall–Kier alpha value is -1.80. The van der Waals surface area contributed by atoms with Gasteiger partial charge in [-0.05, 0) is 24.1 Å². The predicted molar refractivity (Wildman–Crippen MR) is 81.8 cm³/mol. The van der Waals surface area contributed by atoms with E-state index in [4.69, 9.17) is 16.7 Å². The maximum atomic E-state index is 12.8. The molecule has 1 aliphatic rings. The lowest BCUT2D eigenvalue weighted by atomic mass is 9.99. The first kappa shape index (κ1) is 18.5. The zero-order valence-electron chi connectivity index (χ0n) is 12.7. The first-order valence-electron chi connectivity index (χ1n) is 7.19. The molecule has 0 spiro atoms. The van der Waals surface area contributed by atoms with Crippen LogP contribution in [0.2, 0.25) is 5.02 Å². The van der Waals surface area contributed by atoms with Crippen molar-refractivity contribution in [1.82, 2.24) is 4.90 Å². The minimum absolute atomic E-state index is 0.0150. The predicted octanol–water partition coefficient (Wildman–Crippen LogP) is 2.95. The third-order valence-corrected chi connectivity index (χ3v) is 4.26. The van der Waals surface area contributed by atoms with Crippen LogP contribution in [0, 0.1) is 11.8 Å². The second-order valence-electron chi connectivity index (χ2n) is 5.86. The van der Waals surface area contributed by atoms with Crippen molar-refractivity contribution in [2.24, 2.45) is 11.8 Å². The zero-order valence-corrected chi connectivity index (χ0v) is 13.5. The number of benzene rings is 1. The topological polar surface area (TPSA) is 69.6 Å². The van der Waals surface area contributed by atoms with E-state index in [9.17, 15) is 22.8 Å². The maximum absolute atomic E-state index is 12.8. The van der Waals surface area contributed by atoms with Crippen LogP contribution in [0.4, 0.5) is 18.9 Å². The summed E-state index contributed by atoms with van der Waals surface area (Å²) >= 11 is 5.52. The quantitative estimate of drug-likeness (QED) is 0.861. The van der Waals surface area contributed by atoms with Crippen LogP contribution in [-0.2, 0) is 15.8 Å². The smallest absolute Gasteiger partial charge is 0.417 e. The summed E-state index contributed by atoms with van der Waals surface area (Å²) in [6.45, 7) is 2.38. The van der Waals surface area contributed by atoms with Gasteiger partial charge in [-0.3, -0.25) is 14.5 Å². The minimum Gasteiger partial charge on any atom is -0.481 e. The van der Waals surface area contributed by atoms with Crippen molar-refractivity contribution >= 4 is 29.2 Å². The number of amides is 1. The highest BCUT2D eigenvalue weighted by molar-refractivity contribution is 6.31. The van der Waals surface area contributed by atoms with Crippen LogP contribution in [-0.4, -0.2) is 41.5 Å². The van der Waals surface area contributed by atoms with E-state index in [0.29, 0.717) is 6.54 Å². The molecule has 132 valence electrons. The third kappa shape index (κ3) is 4.39. The highest BCUT2D eigenvalue weighted by atomic mass is 35.5. The van der Waals surface area contributed by atoms with E-state index in [2.05, 4.69) is 5.32 Å². The number of alkyl halides is 3. The van der Waals surface area contributed by atoms with Gasteiger partial charge in [0.05, 0.1) is 23.0 Å². The molecule has 24 heavy (non-hydrogen) atoms. The molecule has 0 aromatic heterocycles. The SMILES string of the molecule is C[C@@H]1CN(CC(=O)Nc2ccc(Cl)c(C(F)(F)F)c2)C[C@H]1C(=O)O. The van der Waals surface area contributed by atoms with E-state index in [1.54, 1.807) is 11.8 Å². The minimum atomic E-state index is -4.61. The molecule has 2 N–H and O–H groups in total. The molecular formula is C15H16ClF3N2O3. The van der Waals surface area contributed by atoms with Gasteiger partial charge >= 0.3 is 12.1 Å². The van der Waals surface area contributed by atoms with Crippen molar-refractivity contribution in [3.63, 3.8) is 0 Å². The van der Waals surface area contributed by atoms with Gasteiger partial charge in [0.1, 0.15) is 0 Å². The normalized spacial score (nSPS) is 21.7. The molecule has 2 atom stereocenters. The molecule has 9 heteroatoms. The summed E-state index contributed by atoms with van der Waals surface area (Å²) in [6, 6.07) is 3.12. The molecule has 0 aliphatic carbocycles. The number of likely N-dealkylation sites (tertiary alicyclic amines) is 1. The van der Waals surface area contributed by atoms with Crippen molar-refractivity contribution in [3.8, 4) is 0 Å². The van der Waals surface area contributed by atoms with Gasteiger partial charge in [-0.25, -0.2) is 0 Å². The number of hydrogen-bond acceptors (Lipinski definition) is 3. The number of rotatable bonds is 4. The van der Waals surface area contributed by atoms with E-state index in [-0.39, 0.29) is 24.7 Å². The number of anilines is 1. The van der Waals surface area contributed by atoms with E-state index in [1.165, 1.54) is 6.07 Å². The second kappa shape index (κ2) is 6.98. The van der Waals surface area contributed by atoms with Crippen LogP contribution in [0.1, 0.15) is 12.5 Å². The van der Waals surface area contributed by atoms with E-state index in [1.807, 2.05) is 0 Å². The van der Waals surface area contributed by atoms with Gasteiger partial charge in [-0.2, -0.15) is 13.2 Å². The molecule has 0 saturated carbocycles. The Morgan fingerprint density at radius 3 is 2.58 bits per heavy atom. The molecule has 2 rings (SSSR count). The number of hydrogen-bond donors (Lipinski definition) is 2. The molecule has 1 amide bonds. The van der Waals surface area contributed by atoms with Crippen molar-refractivity contribution in [3.05, 3.63) is 28.8 Å². The van der Waals surface area contributed by atoms with Crippen LogP contribution in [0.5, 0.6) is 0 Å². The van der Waals surface area contributed by atoms with Gasteiger partial charge in [-0.1, -0.05) is 18.5 Å². The standard InChI is InChI=1S/C15H16ClF3N2O3/c1-8-5-21(6-10(8)14(23)24)7-13(22)20-9-2-3-12(16)11(4-9)15(17,18)19/h2-4,8,10H,5-7H2,1H3,(H,20,22)(H,23,24)/t8-,10-/m1/s1. The van der Waals surface area contributed by atoms with Crippen LogP contribution < -0.4 is 5.32 Å². The Morgan fingerprint density at radius 1 is 1.38 bits per heavy atom. The first-order valence-corrected chi connectivity index (χ1v) is 7.57. The molecule has 1 aliphatic heterocycles. The molecule has 0 radical (unpaired) electrons. The molecule has 1 aromatic rings. The fraction of sp³-hybridized carbons (Fsp3) is 0.467. The maximum Gasteiger partial charge on any atom is 0.417 e. The number of carboxylic acid groups (broad SMARTS) is 1. The fourth-order valence-electron chi connectivity index (χ4n) is 2.74. The molecule has 1 heterocycles. The van der Waals surface area contributed by atoms with Crippen molar-refractivity contribution in [2.75, 3.05) is 25.0 Å². The van der Waals surface area contributed by atoms with Crippen molar-refractivity contribution in [2.45, 2.75) is 13.1 Å². The van der Waals surface area contributed by atoms with E-state index >= 15 is 0 Å². The molecule has 1 aromatic carbocycles. The summed E-state index contributed by atoms with van der Waals surface area (Å²) in [5.41, 5.74) is -1.04. The Kier molecular flexibility index (Phi) is 5.39. The number of carbonyl (C=O) groups is 2. The Balaban J connectivity index is 2.00. The second-order valence-corrected chi connectivity index (χ2v) is 6.26. The molecule has 5 nitrogen and oxygen atoms in total. The lowest BCUT2D eigenvalue weighted by Crippen LogP contribution is -2.32. The summed E-state index contributed by atoms with van der Waals surface area (Å²) in [6.07, 6.45) is -4.61. The van der Waals surface area contributed by atoms with Crippen LogP contribution in [0.3, 0.4) is 0 Å². The Morgan fingerprint density at radius 2 is 2.04 bits per heavy atom. The monoisotopic (exact) mass is 364 g/mol. The molecule has 0 unspecified atom stereocenters. The Labute approximate surface area is 141 Å². The van der Waals surface area contributed by atoms with Crippen molar-refractivity contribution in [1.29, 1.82) is 0 Å². The van der Waals surface area contributed by atoms with E-state index < -0.39 is 34.6 Å². The summed E-state index contributed by atoms with van der Waals surface area (Å²) in [5, 5.41) is 11.0. The fourth-order valence-corrected chi connectivity index (χ4v) is 2.97. The Bertz CT molecular complexity index is 651. The molecule has 1 saturated heterocycles. The third-order valence-electron chi connectivity index (χ3n) is 3.93. The van der Waals surface area contributed by atoms with Crippen LogP contribution in [0.25, 0.3) is 0 Å². The van der Waals surface area contributed by atoms with Gasteiger partial charge in [-0.15, -0.1) is 0 Å². The molecular weight excluding hydrogens is 349 g/mol. The average Bonchev–Trinajstić information content (AvgIpc) is 2.80. The number of aliphatic carboxylic acids is 1. The summed E-state index contributed by atoms with van der Waals surface area (Å²) in [4.78, 5) is 24.7. The zero-order chi connectivity index (χ0) is 18.1. The number of nitrogens with one attached hydrogen (secondary N) is 1. The average molecular weight is 365 g/mol. The van der Waals surface area contributed by atoms with Gasteiger partial charge in [0, 0.05) is 18.8 Å². The van der Waals surface area contributed by atoms with Crippen LogP contribution in [0.15, 0.2) is 18.2 Å². The lowest BCUT2D eigenvalue weighted by Gasteiger charge is -2.16. The number of halogens is 4. The lowest BCUT2D eigenvalue weighted by molar-refractivity contribution is -0.142. The first-order chi connectivity index (χ1) is 11.1.